The van der Waals surface area contributed by atoms with Crippen molar-refractivity contribution in [2.24, 2.45) is 12.8 Å². The Morgan fingerprint density at radius 3 is 2.86 bits per heavy atom. The van der Waals surface area contributed by atoms with E-state index < -0.39 is 0 Å². The van der Waals surface area contributed by atoms with Gasteiger partial charge in [-0.15, -0.1) is 11.3 Å². The highest BCUT2D eigenvalue weighted by Crippen LogP contribution is 2.25. The van der Waals surface area contributed by atoms with E-state index in [1.807, 2.05) is 5.38 Å². The van der Waals surface area contributed by atoms with Crippen LogP contribution >= 0.6 is 11.3 Å². The van der Waals surface area contributed by atoms with E-state index in [1.54, 1.807) is 24.6 Å². The molecule has 14 heavy (non-hydrogen) atoms. The van der Waals surface area contributed by atoms with Crippen LogP contribution in [0, 0.1) is 6.92 Å². The first-order chi connectivity index (χ1) is 6.68. The number of aryl methyl sites for hydroxylation is 2. The summed E-state index contributed by atoms with van der Waals surface area (Å²) in [4.78, 5) is 2.68. The molecule has 2 aromatic heterocycles. The van der Waals surface area contributed by atoms with E-state index in [0.717, 1.165) is 10.6 Å². The third kappa shape index (κ3) is 1.56. The molecule has 0 aliphatic carbocycles. The number of hydrogen-bond donors (Lipinski definition) is 1. The molecule has 0 fully saturated rings. The molecule has 74 valence electrons. The minimum atomic E-state index is -0.149. The number of thiophene rings is 1. The van der Waals surface area contributed by atoms with Crippen molar-refractivity contribution in [1.82, 2.24) is 15.0 Å². The summed E-state index contributed by atoms with van der Waals surface area (Å²) in [6.45, 7) is 2.06. The largest absolute Gasteiger partial charge is 0.318 e. The molecule has 0 saturated carbocycles. The molecule has 4 nitrogen and oxygen atoms in total. The van der Waals surface area contributed by atoms with E-state index in [4.69, 9.17) is 5.73 Å². The molecule has 1 atom stereocenters. The summed E-state index contributed by atoms with van der Waals surface area (Å²) in [5.74, 6) is 0. The highest BCUT2D eigenvalue weighted by atomic mass is 32.1. The van der Waals surface area contributed by atoms with E-state index in [0.29, 0.717) is 0 Å². The minimum Gasteiger partial charge on any atom is -0.318 e. The molecule has 2 rings (SSSR count). The van der Waals surface area contributed by atoms with Crippen molar-refractivity contribution in [1.29, 1.82) is 0 Å². The maximum atomic E-state index is 6.07. The summed E-state index contributed by atoms with van der Waals surface area (Å²) in [5.41, 5.74) is 8.10. The van der Waals surface area contributed by atoms with Crippen LogP contribution in [0.1, 0.15) is 22.2 Å². The topological polar surface area (TPSA) is 56.7 Å². The quantitative estimate of drug-likeness (QED) is 0.807. The molecule has 0 radical (unpaired) electrons. The van der Waals surface area contributed by atoms with Gasteiger partial charge < -0.3 is 5.73 Å². The Hall–Kier alpha value is -1.20. The van der Waals surface area contributed by atoms with Gasteiger partial charge in [0.2, 0.25) is 0 Å². The van der Waals surface area contributed by atoms with E-state index in [9.17, 15) is 0 Å². The van der Waals surface area contributed by atoms with Crippen molar-refractivity contribution >= 4 is 11.3 Å². The van der Waals surface area contributed by atoms with Crippen LogP contribution in [0.15, 0.2) is 17.6 Å². The molecule has 0 spiro atoms. The SMILES string of the molecule is Cc1ccsc1C(N)c1cnn(C)n1. The maximum absolute atomic E-state index is 6.07. The van der Waals surface area contributed by atoms with Gasteiger partial charge in [-0.1, -0.05) is 0 Å². The Bertz CT molecular complexity index is 431. The normalized spacial score (nSPS) is 13.1. The van der Waals surface area contributed by atoms with Crippen molar-refractivity contribution in [3.8, 4) is 0 Å². The Morgan fingerprint density at radius 2 is 2.36 bits per heavy atom. The molecule has 0 aromatic carbocycles. The Kier molecular flexibility index (Phi) is 2.35. The first-order valence-corrected chi connectivity index (χ1v) is 5.22. The standard InChI is InChI=1S/C9H12N4S/c1-6-3-4-14-9(6)8(10)7-5-11-13(2)12-7/h3-5,8H,10H2,1-2H3. The fourth-order valence-electron chi connectivity index (χ4n) is 1.34. The van der Waals surface area contributed by atoms with Gasteiger partial charge in [-0.25, -0.2) is 0 Å². The molecule has 0 aliphatic rings. The molecule has 2 aromatic rings. The average molecular weight is 208 g/mol. The van der Waals surface area contributed by atoms with Crippen molar-refractivity contribution in [3.63, 3.8) is 0 Å². The van der Waals surface area contributed by atoms with Crippen LogP contribution < -0.4 is 5.73 Å². The molecular weight excluding hydrogens is 196 g/mol. The van der Waals surface area contributed by atoms with E-state index in [2.05, 4.69) is 23.2 Å². The van der Waals surface area contributed by atoms with Gasteiger partial charge in [0.15, 0.2) is 0 Å². The fourth-order valence-corrected chi connectivity index (χ4v) is 2.28. The number of nitrogens with zero attached hydrogens (tertiary/aromatic N) is 3. The van der Waals surface area contributed by atoms with Crippen molar-refractivity contribution in [2.45, 2.75) is 13.0 Å². The number of rotatable bonds is 2. The summed E-state index contributed by atoms with van der Waals surface area (Å²) in [5, 5.41) is 10.2. The third-order valence-electron chi connectivity index (χ3n) is 2.12. The lowest BCUT2D eigenvalue weighted by Gasteiger charge is -2.06. The predicted octanol–water partition coefficient (Wildman–Crippen LogP) is 1.23. The van der Waals surface area contributed by atoms with E-state index >= 15 is 0 Å². The second kappa shape index (κ2) is 3.51. The van der Waals surface area contributed by atoms with Crippen LogP contribution in [-0.2, 0) is 7.05 Å². The van der Waals surface area contributed by atoms with Crippen LogP contribution in [0.3, 0.4) is 0 Å². The zero-order chi connectivity index (χ0) is 10.1. The maximum Gasteiger partial charge on any atom is 0.105 e. The van der Waals surface area contributed by atoms with E-state index in [1.165, 1.54) is 10.4 Å². The lowest BCUT2D eigenvalue weighted by atomic mass is 10.1. The van der Waals surface area contributed by atoms with Gasteiger partial charge in [0.25, 0.3) is 0 Å². The minimum absolute atomic E-state index is 0.149. The van der Waals surface area contributed by atoms with Crippen LogP contribution in [0.2, 0.25) is 0 Å². The molecule has 5 heteroatoms. The second-order valence-corrected chi connectivity index (χ2v) is 4.15. The summed E-state index contributed by atoms with van der Waals surface area (Å²) < 4.78 is 0. The molecule has 0 aliphatic heterocycles. The summed E-state index contributed by atoms with van der Waals surface area (Å²) >= 11 is 1.66. The monoisotopic (exact) mass is 208 g/mol. The molecule has 0 amide bonds. The lowest BCUT2D eigenvalue weighted by molar-refractivity contribution is 0.638. The summed E-state index contributed by atoms with van der Waals surface area (Å²) in [6.07, 6.45) is 1.71. The molecule has 0 bridgehead atoms. The van der Waals surface area contributed by atoms with Gasteiger partial charge >= 0.3 is 0 Å². The molecule has 2 N–H and O–H groups in total. The smallest absolute Gasteiger partial charge is 0.105 e. The lowest BCUT2D eigenvalue weighted by Crippen LogP contribution is -2.12. The molecule has 2 heterocycles. The van der Waals surface area contributed by atoms with Gasteiger partial charge in [-0.3, -0.25) is 0 Å². The Balaban J connectivity index is 2.33. The van der Waals surface area contributed by atoms with Crippen molar-refractivity contribution in [2.75, 3.05) is 0 Å². The average Bonchev–Trinajstić information content (AvgIpc) is 2.73. The summed E-state index contributed by atoms with van der Waals surface area (Å²) in [6, 6.07) is 1.92. The number of nitrogens with two attached hydrogens (primary N) is 1. The van der Waals surface area contributed by atoms with Crippen LogP contribution in [-0.4, -0.2) is 15.0 Å². The summed E-state index contributed by atoms with van der Waals surface area (Å²) in [7, 11) is 1.79. The highest BCUT2D eigenvalue weighted by Gasteiger charge is 2.15. The molecule has 1 unspecified atom stereocenters. The van der Waals surface area contributed by atoms with Gasteiger partial charge in [0.05, 0.1) is 12.2 Å². The van der Waals surface area contributed by atoms with Crippen molar-refractivity contribution < 1.29 is 0 Å². The van der Waals surface area contributed by atoms with E-state index in [-0.39, 0.29) is 6.04 Å². The first-order valence-electron chi connectivity index (χ1n) is 4.34. The first kappa shape index (κ1) is 9.36. The fraction of sp³-hybridized carbons (Fsp3) is 0.333. The molecule has 0 saturated heterocycles. The van der Waals surface area contributed by atoms with Crippen LogP contribution in [0.5, 0.6) is 0 Å². The zero-order valence-electron chi connectivity index (χ0n) is 8.14. The highest BCUT2D eigenvalue weighted by molar-refractivity contribution is 7.10. The van der Waals surface area contributed by atoms with Gasteiger partial charge in [0.1, 0.15) is 5.69 Å². The second-order valence-electron chi connectivity index (χ2n) is 3.20. The molecular formula is C9H12N4S. The number of aromatic nitrogens is 3. The predicted molar refractivity (Wildman–Crippen MR) is 56.1 cm³/mol. The van der Waals surface area contributed by atoms with Gasteiger partial charge in [-0.2, -0.15) is 15.0 Å². The Morgan fingerprint density at radius 1 is 1.57 bits per heavy atom. The number of hydrogen-bond acceptors (Lipinski definition) is 4. The van der Waals surface area contributed by atoms with Crippen LogP contribution in [0.25, 0.3) is 0 Å². The third-order valence-corrected chi connectivity index (χ3v) is 3.22. The Labute approximate surface area is 86.4 Å². The van der Waals surface area contributed by atoms with Gasteiger partial charge in [-0.05, 0) is 23.9 Å². The van der Waals surface area contributed by atoms with Crippen molar-refractivity contribution in [3.05, 3.63) is 33.8 Å². The zero-order valence-corrected chi connectivity index (χ0v) is 8.95. The van der Waals surface area contributed by atoms with Crippen LogP contribution in [0.4, 0.5) is 0 Å². The van der Waals surface area contributed by atoms with Gasteiger partial charge in [0, 0.05) is 11.9 Å².